The molecule has 0 aromatic heterocycles. The lowest BCUT2D eigenvalue weighted by Crippen LogP contribution is -2.54. The molecule has 0 saturated carbocycles. The number of aryl methyl sites for hydroxylation is 1. The van der Waals surface area contributed by atoms with Crippen molar-refractivity contribution in [3.8, 4) is 11.5 Å². The van der Waals surface area contributed by atoms with Gasteiger partial charge in [-0.25, -0.2) is 9.69 Å². The van der Waals surface area contributed by atoms with E-state index in [1.807, 2.05) is 29.5 Å². The number of rotatable bonds is 7. The maximum atomic E-state index is 13.2. The van der Waals surface area contributed by atoms with Crippen molar-refractivity contribution in [1.29, 1.82) is 0 Å². The maximum absolute atomic E-state index is 13.2. The highest BCUT2D eigenvalue weighted by Crippen LogP contribution is 2.37. The Morgan fingerprint density at radius 3 is 2.32 bits per heavy atom. The van der Waals surface area contributed by atoms with E-state index in [0.717, 1.165) is 10.5 Å². The fourth-order valence-corrected chi connectivity index (χ4v) is 5.49. The summed E-state index contributed by atoms with van der Waals surface area (Å²) in [6.07, 6.45) is 1.29. The standard InChI is InChI=1S/C26H20ClIN2O7S/c1-3-36-22-14-16(13-21(28)23(22)37-38(34,35)19-10-4-15(2)5-11-19)12-20-24(31)29-26(33)30(25(20)32)18-8-6-17(27)7-9-18/h4-14H,3H2,1-2H3,(H,29,31,33)/b20-12+. The van der Waals surface area contributed by atoms with E-state index in [1.165, 1.54) is 54.6 Å². The van der Waals surface area contributed by atoms with Crippen molar-refractivity contribution in [2.45, 2.75) is 18.7 Å². The second kappa shape index (κ2) is 11.1. The van der Waals surface area contributed by atoms with Gasteiger partial charge in [0.15, 0.2) is 11.5 Å². The zero-order chi connectivity index (χ0) is 27.6. The minimum absolute atomic E-state index is 0.0241. The van der Waals surface area contributed by atoms with Gasteiger partial charge in [0.2, 0.25) is 0 Å². The normalized spacial score (nSPS) is 15.0. The second-order valence-electron chi connectivity index (χ2n) is 8.05. The number of imide groups is 2. The van der Waals surface area contributed by atoms with Crippen molar-refractivity contribution in [3.63, 3.8) is 0 Å². The predicted octanol–water partition coefficient (Wildman–Crippen LogP) is 5.09. The average Bonchev–Trinajstić information content (AvgIpc) is 2.85. The molecule has 9 nitrogen and oxygen atoms in total. The van der Waals surface area contributed by atoms with Gasteiger partial charge in [0.25, 0.3) is 11.8 Å². The highest BCUT2D eigenvalue weighted by molar-refractivity contribution is 14.1. The van der Waals surface area contributed by atoms with E-state index in [4.69, 9.17) is 20.5 Å². The molecule has 0 atom stereocenters. The van der Waals surface area contributed by atoms with Gasteiger partial charge in [-0.15, -0.1) is 0 Å². The highest BCUT2D eigenvalue weighted by atomic mass is 127. The molecule has 4 rings (SSSR count). The SMILES string of the molecule is CCOc1cc(/C=C2\C(=O)NC(=O)N(c3ccc(Cl)cc3)C2=O)cc(I)c1OS(=O)(=O)c1ccc(C)cc1. The van der Waals surface area contributed by atoms with Gasteiger partial charge in [-0.05, 0) is 96.6 Å². The molecule has 0 aliphatic carbocycles. The Kier molecular flexibility index (Phi) is 8.09. The van der Waals surface area contributed by atoms with Crippen LogP contribution in [0.4, 0.5) is 10.5 Å². The largest absolute Gasteiger partial charge is 0.490 e. The smallest absolute Gasteiger partial charge is 0.339 e. The molecule has 0 bridgehead atoms. The number of anilines is 1. The number of hydrogen-bond donors (Lipinski definition) is 1. The van der Waals surface area contributed by atoms with Crippen LogP contribution in [0.3, 0.4) is 0 Å². The van der Waals surface area contributed by atoms with Gasteiger partial charge in [-0.1, -0.05) is 29.3 Å². The molecule has 0 radical (unpaired) electrons. The van der Waals surface area contributed by atoms with Gasteiger partial charge < -0.3 is 8.92 Å². The fraction of sp³-hybridized carbons (Fsp3) is 0.115. The molecule has 1 aliphatic heterocycles. The molecule has 1 aliphatic rings. The highest BCUT2D eigenvalue weighted by Gasteiger charge is 2.37. The first-order valence-corrected chi connectivity index (χ1v) is 14.0. The van der Waals surface area contributed by atoms with Crippen LogP contribution < -0.4 is 19.1 Å². The Morgan fingerprint density at radius 1 is 1.03 bits per heavy atom. The van der Waals surface area contributed by atoms with Crippen LogP contribution >= 0.6 is 34.2 Å². The molecule has 3 aromatic carbocycles. The van der Waals surface area contributed by atoms with Crippen molar-refractivity contribution in [1.82, 2.24) is 5.32 Å². The number of nitrogens with zero attached hydrogens (tertiary/aromatic N) is 1. The maximum Gasteiger partial charge on any atom is 0.339 e. The Bertz CT molecular complexity index is 1570. The zero-order valence-electron chi connectivity index (χ0n) is 20.0. The van der Waals surface area contributed by atoms with Crippen LogP contribution in [0.5, 0.6) is 11.5 Å². The van der Waals surface area contributed by atoms with E-state index in [1.54, 1.807) is 19.1 Å². The lowest BCUT2D eigenvalue weighted by Gasteiger charge is -2.26. The molecule has 1 fully saturated rings. The Balaban J connectivity index is 1.72. The molecule has 196 valence electrons. The van der Waals surface area contributed by atoms with Crippen molar-refractivity contribution in [2.24, 2.45) is 0 Å². The zero-order valence-corrected chi connectivity index (χ0v) is 23.8. The Morgan fingerprint density at radius 2 is 1.68 bits per heavy atom. The summed E-state index contributed by atoms with van der Waals surface area (Å²) in [5.41, 5.74) is 1.16. The summed E-state index contributed by atoms with van der Waals surface area (Å²) < 4.78 is 37.2. The van der Waals surface area contributed by atoms with Gasteiger partial charge in [0.05, 0.1) is 15.9 Å². The van der Waals surface area contributed by atoms with Crippen LogP contribution in [-0.2, 0) is 19.7 Å². The monoisotopic (exact) mass is 666 g/mol. The van der Waals surface area contributed by atoms with E-state index in [9.17, 15) is 22.8 Å². The summed E-state index contributed by atoms with van der Waals surface area (Å²) in [4.78, 5) is 39.0. The van der Waals surface area contributed by atoms with Crippen LogP contribution in [0, 0.1) is 10.5 Å². The van der Waals surface area contributed by atoms with Gasteiger partial charge in [-0.2, -0.15) is 8.42 Å². The van der Waals surface area contributed by atoms with Crippen molar-refractivity contribution >= 4 is 73.9 Å². The third kappa shape index (κ3) is 5.84. The molecule has 38 heavy (non-hydrogen) atoms. The molecular formula is C26H20ClIN2O7S. The van der Waals surface area contributed by atoms with Crippen molar-refractivity contribution in [2.75, 3.05) is 11.5 Å². The average molecular weight is 667 g/mol. The number of ether oxygens (including phenoxy) is 1. The van der Waals surface area contributed by atoms with Crippen molar-refractivity contribution < 1.29 is 31.7 Å². The first-order valence-electron chi connectivity index (χ1n) is 11.1. The van der Waals surface area contributed by atoms with Gasteiger partial charge in [-0.3, -0.25) is 14.9 Å². The summed E-state index contributed by atoms with van der Waals surface area (Å²) in [6.45, 7) is 3.74. The fourth-order valence-electron chi connectivity index (χ4n) is 3.53. The van der Waals surface area contributed by atoms with Crippen LogP contribution in [-0.4, -0.2) is 32.9 Å². The molecule has 0 unspecified atom stereocenters. The number of halogens is 2. The number of urea groups is 1. The number of barbiturate groups is 1. The summed E-state index contributed by atoms with van der Waals surface area (Å²) in [7, 11) is -4.17. The Labute approximate surface area is 237 Å². The van der Waals surface area contributed by atoms with Crippen LogP contribution in [0.1, 0.15) is 18.1 Å². The minimum Gasteiger partial charge on any atom is -0.490 e. The van der Waals surface area contributed by atoms with E-state index in [0.29, 0.717) is 14.2 Å². The van der Waals surface area contributed by atoms with Crippen LogP contribution in [0.25, 0.3) is 6.08 Å². The third-order valence-corrected chi connectivity index (χ3v) is 7.62. The first kappa shape index (κ1) is 27.6. The number of benzene rings is 3. The number of carbonyl (C=O) groups excluding carboxylic acids is 3. The number of carbonyl (C=O) groups is 3. The number of hydrogen-bond acceptors (Lipinski definition) is 7. The van der Waals surface area contributed by atoms with E-state index in [2.05, 4.69) is 5.32 Å². The predicted molar refractivity (Wildman–Crippen MR) is 150 cm³/mol. The van der Waals surface area contributed by atoms with Crippen LogP contribution in [0.2, 0.25) is 5.02 Å². The summed E-state index contributed by atoms with van der Waals surface area (Å²) in [5.74, 6) is -1.65. The summed E-state index contributed by atoms with van der Waals surface area (Å²) >= 11 is 7.78. The Hall–Kier alpha value is -3.42. The topological polar surface area (TPSA) is 119 Å². The molecule has 1 heterocycles. The molecule has 1 saturated heterocycles. The molecular weight excluding hydrogens is 647 g/mol. The van der Waals surface area contributed by atoms with E-state index < -0.39 is 28.0 Å². The summed E-state index contributed by atoms with van der Waals surface area (Å²) in [6, 6.07) is 14.3. The first-order chi connectivity index (χ1) is 18.0. The van der Waals surface area contributed by atoms with Crippen molar-refractivity contribution in [3.05, 3.63) is 86.0 Å². The lowest BCUT2D eigenvalue weighted by molar-refractivity contribution is -0.122. The lowest BCUT2D eigenvalue weighted by atomic mass is 10.1. The number of nitrogens with one attached hydrogen (secondary N) is 1. The second-order valence-corrected chi connectivity index (χ2v) is 11.2. The molecule has 1 N–H and O–H groups in total. The molecule has 12 heteroatoms. The van der Waals surface area contributed by atoms with Gasteiger partial charge >= 0.3 is 16.1 Å². The summed E-state index contributed by atoms with van der Waals surface area (Å²) in [5, 5.41) is 2.56. The molecule has 0 spiro atoms. The minimum atomic E-state index is -4.17. The van der Waals surface area contributed by atoms with E-state index in [-0.39, 0.29) is 34.3 Å². The van der Waals surface area contributed by atoms with E-state index >= 15 is 0 Å². The number of amides is 4. The van der Waals surface area contributed by atoms with Crippen LogP contribution in [0.15, 0.2) is 71.1 Å². The van der Waals surface area contributed by atoms with Gasteiger partial charge in [0.1, 0.15) is 10.5 Å². The quantitative estimate of drug-likeness (QED) is 0.162. The molecule has 3 aromatic rings. The van der Waals surface area contributed by atoms with Gasteiger partial charge in [0, 0.05) is 5.02 Å². The molecule has 4 amide bonds. The third-order valence-electron chi connectivity index (χ3n) is 5.33.